The van der Waals surface area contributed by atoms with Crippen LogP contribution in [-0.2, 0) is 17.8 Å². The Morgan fingerprint density at radius 3 is 2.86 bits per heavy atom. The van der Waals surface area contributed by atoms with Crippen LogP contribution in [0.15, 0.2) is 22.7 Å². The monoisotopic (exact) mass is 384 g/mol. The Hall–Kier alpha value is -0.580. The van der Waals surface area contributed by atoms with E-state index in [1.807, 2.05) is 0 Å². The Bertz CT molecular complexity index is 586. The second-order valence-electron chi connectivity index (χ2n) is 6.76. The zero-order valence-electron chi connectivity index (χ0n) is 12.6. The topological polar surface area (TPSA) is 32.3 Å². The fourth-order valence-electron chi connectivity index (χ4n) is 4.12. The maximum Gasteiger partial charge on any atom is 0.226 e. The lowest BCUT2D eigenvalue weighted by atomic mass is 9.91. The Balaban J connectivity index is 0.00000144. The Morgan fingerprint density at radius 2 is 2.09 bits per heavy atom. The molecule has 4 rings (SSSR count). The third-order valence-electron chi connectivity index (χ3n) is 5.61. The number of piperidine rings is 1. The predicted octanol–water partition coefficient (Wildman–Crippen LogP) is 3.15. The third-order valence-corrected chi connectivity index (χ3v) is 6.36. The van der Waals surface area contributed by atoms with Crippen LogP contribution >= 0.6 is 28.3 Å². The molecule has 2 aliphatic heterocycles. The van der Waals surface area contributed by atoms with E-state index in [0.717, 1.165) is 43.5 Å². The molecule has 0 bridgehead atoms. The molecule has 1 aromatic carbocycles. The molecule has 5 heteroatoms. The molecule has 3 aliphatic rings. The van der Waals surface area contributed by atoms with Gasteiger partial charge in [-0.2, -0.15) is 0 Å². The summed E-state index contributed by atoms with van der Waals surface area (Å²) in [5.74, 6) is 0.696. The summed E-state index contributed by atoms with van der Waals surface area (Å²) in [6, 6.07) is 6.36. The molecule has 0 aromatic heterocycles. The van der Waals surface area contributed by atoms with Crippen molar-refractivity contribution in [3.63, 3.8) is 0 Å². The van der Waals surface area contributed by atoms with Gasteiger partial charge in [0.2, 0.25) is 5.91 Å². The van der Waals surface area contributed by atoms with Gasteiger partial charge in [0.05, 0.1) is 0 Å². The van der Waals surface area contributed by atoms with Crippen molar-refractivity contribution in [3.8, 4) is 0 Å². The molecular formula is C17H22BrClN2O. The SMILES string of the molecule is Cl.O=C(C1CC12CCNCC2)N1CCc2cccc(Br)c2C1. The molecule has 1 saturated carbocycles. The van der Waals surface area contributed by atoms with Crippen LogP contribution in [0.1, 0.15) is 30.4 Å². The van der Waals surface area contributed by atoms with Gasteiger partial charge in [0.25, 0.3) is 0 Å². The zero-order valence-corrected chi connectivity index (χ0v) is 15.0. The standard InChI is InChI=1S/C17H21BrN2O.ClH/c18-15-3-1-2-12-4-9-20(11-13(12)15)16(21)14-10-17(14)5-7-19-8-6-17;/h1-3,14,19H,4-11H2;1H. The second-order valence-corrected chi connectivity index (χ2v) is 7.61. The third kappa shape index (κ3) is 2.70. The number of rotatable bonds is 1. The van der Waals surface area contributed by atoms with Crippen molar-refractivity contribution >= 4 is 34.2 Å². The minimum Gasteiger partial charge on any atom is -0.338 e. The van der Waals surface area contributed by atoms with Crippen molar-refractivity contribution in [2.24, 2.45) is 11.3 Å². The minimum atomic E-state index is 0. The summed E-state index contributed by atoms with van der Waals surface area (Å²) in [6.45, 7) is 3.82. The van der Waals surface area contributed by atoms with E-state index in [0.29, 0.717) is 17.2 Å². The summed E-state index contributed by atoms with van der Waals surface area (Å²) in [5, 5.41) is 3.41. The van der Waals surface area contributed by atoms with Crippen LogP contribution < -0.4 is 5.32 Å². The van der Waals surface area contributed by atoms with Crippen LogP contribution in [0.3, 0.4) is 0 Å². The van der Waals surface area contributed by atoms with Crippen LogP contribution in [0, 0.1) is 11.3 Å². The summed E-state index contributed by atoms with van der Waals surface area (Å²) in [4.78, 5) is 14.9. The number of benzene rings is 1. The highest BCUT2D eigenvalue weighted by molar-refractivity contribution is 9.10. The smallest absolute Gasteiger partial charge is 0.226 e. The van der Waals surface area contributed by atoms with Crippen LogP contribution in [0.5, 0.6) is 0 Å². The molecule has 1 aromatic rings. The van der Waals surface area contributed by atoms with E-state index in [1.54, 1.807) is 0 Å². The molecule has 1 saturated heterocycles. The summed E-state index contributed by atoms with van der Waals surface area (Å²) >= 11 is 3.64. The van der Waals surface area contributed by atoms with Crippen molar-refractivity contribution in [2.75, 3.05) is 19.6 Å². The lowest BCUT2D eigenvalue weighted by molar-refractivity contribution is -0.134. The summed E-state index contributed by atoms with van der Waals surface area (Å²) in [6.07, 6.45) is 4.46. The summed E-state index contributed by atoms with van der Waals surface area (Å²) < 4.78 is 1.14. The van der Waals surface area contributed by atoms with E-state index >= 15 is 0 Å². The lowest BCUT2D eigenvalue weighted by Crippen LogP contribution is -2.39. The van der Waals surface area contributed by atoms with Gasteiger partial charge in [0.1, 0.15) is 0 Å². The van der Waals surface area contributed by atoms with Gasteiger partial charge in [-0.3, -0.25) is 4.79 Å². The van der Waals surface area contributed by atoms with Gasteiger partial charge in [-0.1, -0.05) is 28.1 Å². The van der Waals surface area contributed by atoms with Crippen molar-refractivity contribution in [3.05, 3.63) is 33.8 Å². The molecule has 2 fully saturated rings. The largest absolute Gasteiger partial charge is 0.338 e. The fraction of sp³-hybridized carbons (Fsp3) is 0.588. The Morgan fingerprint density at radius 1 is 1.32 bits per heavy atom. The number of hydrogen-bond acceptors (Lipinski definition) is 2. The van der Waals surface area contributed by atoms with E-state index in [2.05, 4.69) is 44.3 Å². The summed E-state index contributed by atoms with van der Waals surface area (Å²) in [5.41, 5.74) is 3.04. The molecular weight excluding hydrogens is 364 g/mol. The van der Waals surface area contributed by atoms with E-state index in [4.69, 9.17) is 0 Å². The number of carbonyl (C=O) groups excluding carboxylic acids is 1. The quantitative estimate of drug-likeness (QED) is 0.805. The average molecular weight is 386 g/mol. The van der Waals surface area contributed by atoms with Crippen molar-refractivity contribution in [2.45, 2.75) is 32.2 Å². The number of fused-ring (bicyclic) bond motifs is 1. The second kappa shape index (κ2) is 6.14. The minimum absolute atomic E-state index is 0. The van der Waals surface area contributed by atoms with Crippen LogP contribution in [0.25, 0.3) is 0 Å². The van der Waals surface area contributed by atoms with Gasteiger partial charge in [-0.05, 0) is 61.4 Å². The van der Waals surface area contributed by atoms with Gasteiger partial charge in [-0.25, -0.2) is 0 Å². The number of amides is 1. The maximum atomic E-state index is 12.8. The molecule has 1 atom stereocenters. The molecule has 1 unspecified atom stereocenters. The number of halogens is 2. The van der Waals surface area contributed by atoms with E-state index in [-0.39, 0.29) is 12.4 Å². The highest BCUT2D eigenvalue weighted by Gasteiger charge is 2.58. The van der Waals surface area contributed by atoms with E-state index < -0.39 is 0 Å². The molecule has 1 N–H and O–H groups in total. The fourth-order valence-corrected chi connectivity index (χ4v) is 4.66. The molecule has 1 spiro atoms. The van der Waals surface area contributed by atoms with Gasteiger partial charge < -0.3 is 10.2 Å². The molecule has 2 heterocycles. The van der Waals surface area contributed by atoms with E-state index in [1.165, 1.54) is 24.0 Å². The first-order valence-electron chi connectivity index (χ1n) is 7.95. The highest BCUT2D eigenvalue weighted by Crippen LogP contribution is 2.59. The molecule has 1 aliphatic carbocycles. The molecule has 22 heavy (non-hydrogen) atoms. The first kappa shape index (κ1) is 16.3. The van der Waals surface area contributed by atoms with Gasteiger partial charge >= 0.3 is 0 Å². The number of carbonyl (C=O) groups is 1. The van der Waals surface area contributed by atoms with E-state index in [9.17, 15) is 4.79 Å². The number of hydrogen-bond donors (Lipinski definition) is 1. The van der Waals surface area contributed by atoms with Crippen LogP contribution in [0.2, 0.25) is 0 Å². The first-order valence-corrected chi connectivity index (χ1v) is 8.75. The summed E-state index contributed by atoms with van der Waals surface area (Å²) in [7, 11) is 0. The molecule has 120 valence electrons. The van der Waals surface area contributed by atoms with Crippen LogP contribution in [-0.4, -0.2) is 30.4 Å². The number of nitrogens with one attached hydrogen (secondary N) is 1. The molecule has 0 radical (unpaired) electrons. The average Bonchev–Trinajstić information content (AvgIpc) is 3.20. The molecule has 3 nitrogen and oxygen atoms in total. The normalized spacial score (nSPS) is 25.3. The molecule has 1 amide bonds. The maximum absolute atomic E-state index is 12.8. The Kier molecular flexibility index (Phi) is 4.54. The van der Waals surface area contributed by atoms with Gasteiger partial charge in [-0.15, -0.1) is 12.4 Å². The highest BCUT2D eigenvalue weighted by atomic mass is 79.9. The zero-order chi connectivity index (χ0) is 14.4. The van der Waals surface area contributed by atoms with Crippen molar-refractivity contribution in [1.82, 2.24) is 10.2 Å². The van der Waals surface area contributed by atoms with Gasteiger partial charge in [0.15, 0.2) is 0 Å². The van der Waals surface area contributed by atoms with Crippen molar-refractivity contribution in [1.29, 1.82) is 0 Å². The Labute approximate surface area is 146 Å². The van der Waals surface area contributed by atoms with Gasteiger partial charge in [0, 0.05) is 23.5 Å². The first-order chi connectivity index (χ1) is 10.2. The van der Waals surface area contributed by atoms with Crippen molar-refractivity contribution < 1.29 is 4.79 Å². The van der Waals surface area contributed by atoms with Crippen LogP contribution in [0.4, 0.5) is 0 Å². The predicted molar refractivity (Wildman–Crippen MR) is 93.2 cm³/mol. The lowest BCUT2D eigenvalue weighted by Gasteiger charge is -2.31. The number of nitrogens with zero attached hydrogens (tertiary/aromatic N) is 1.